The van der Waals surface area contributed by atoms with Gasteiger partial charge in [-0.3, -0.25) is 14.5 Å². The van der Waals surface area contributed by atoms with Gasteiger partial charge in [-0.2, -0.15) is 0 Å². The number of carbonyl (C=O) groups excluding carboxylic acids is 2. The summed E-state index contributed by atoms with van der Waals surface area (Å²) in [5.74, 6) is -0.536. The van der Waals surface area contributed by atoms with Crippen LogP contribution < -0.4 is 10.6 Å². The van der Waals surface area contributed by atoms with Crippen molar-refractivity contribution in [2.24, 2.45) is 17.6 Å². The summed E-state index contributed by atoms with van der Waals surface area (Å²) < 4.78 is 20.1. The lowest BCUT2D eigenvalue weighted by molar-refractivity contribution is -0.146. The maximum atomic E-state index is 13.8. The predicted molar refractivity (Wildman–Crippen MR) is 118 cm³/mol. The molecule has 6 nitrogen and oxygen atoms in total. The number of cyclic esters (lactones) is 1. The van der Waals surface area contributed by atoms with Crippen molar-refractivity contribution in [1.29, 1.82) is 0 Å². The zero-order valence-corrected chi connectivity index (χ0v) is 19.5. The molecule has 8 heteroatoms. The molecule has 0 aromatic heterocycles. The minimum atomic E-state index is -0.365. The second-order valence-corrected chi connectivity index (χ2v) is 10.2. The van der Waals surface area contributed by atoms with Crippen LogP contribution in [0.25, 0.3) is 0 Å². The summed E-state index contributed by atoms with van der Waals surface area (Å²) in [6.45, 7) is 9.17. The second-order valence-electron chi connectivity index (χ2n) is 8.99. The Morgan fingerprint density at radius 2 is 2.03 bits per heavy atom. The van der Waals surface area contributed by atoms with Gasteiger partial charge < -0.3 is 15.4 Å². The molecule has 0 bridgehead atoms. The van der Waals surface area contributed by atoms with E-state index in [-0.39, 0.29) is 53.8 Å². The zero-order valence-electron chi connectivity index (χ0n) is 17.3. The van der Waals surface area contributed by atoms with Crippen LogP contribution in [0.1, 0.15) is 34.1 Å². The van der Waals surface area contributed by atoms with Gasteiger partial charge in [-0.15, -0.1) is 0 Å². The minimum Gasteiger partial charge on any atom is -0.460 e. The normalized spacial score (nSPS) is 26.1. The summed E-state index contributed by atoms with van der Waals surface area (Å²) in [6.07, 6.45) is 0.288. The Bertz CT molecular complexity index is 801. The molecule has 0 aliphatic carbocycles. The SMILES string of the molecule is CC(C)[C@@H]1C[C@@H]([C@@H](N)CN2CC(=O)N(c3cc(F)ccc3I)CC2(C)C)OC1=O. The Labute approximate surface area is 185 Å². The molecule has 0 unspecified atom stereocenters. The summed E-state index contributed by atoms with van der Waals surface area (Å²) >= 11 is 2.12. The number of amides is 1. The van der Waals surface area contributed by atoms with Crippen molar-refractivity contribution in [3.63, 3.8) is 0 Å². The zero-order chi connectivity index (χ0) is 21.5. The van der Waals surface area contributed by atoms with Gasteiger partial charge in [0.25, 0.3) is 0 Å². The summed E-state index contributed by atoms with van der Waals surface area (Å²) in [7, 11) is 0. The molecule has 0 spiro atoms. The number of piperazine rings is 1. The number of esters is 1. The van der Waals surface area contributed by atoms with Gasteiger partial charge in [-0.1, -0.05) is 13.8 Å². The second kappa shape index (κ2) is 8.47. The standard InChI is InChI=1S/C21H29FIN3O3/c1-12(2)14-8-18(29-20(14)28)16(24)9-25-10-19(27)26(11-21(25,3)4)17-7-13(22)5-6-15(17)23/h5-7,12,14,16,18H,8-11,24H2,1-4H3/t14-,16-,18-/m0/s1. The van der Waals surface area contributed by atoms with Crippen LogP contribution in [0.15, 0.2) is 18.2 Å². The summed E-state index contributed by atoms with van der Waals surface area (Å²) in [6, 6.07) is 4.11. The molecule has 1 aromatic carbocycles. The number of hydrogen-bond donors (Lipinski definition) is 1. The third kappa shape index (κ3) is 4.74. The number of benzene rings is 1. The van der Waals surface area contributed by atoms with Crippen molar-refractivity contribution < 1.29 is 18.7 Å². The number of halogens is 2. The fourth-order valence-electron chi connectivity index (χ4n) is 4.07. The maximum absolute atomic E-state index is 13.8. The molecule has 0 radical (unpaired) electrons. The molecular formula is C21H29FIN3O3. The number of nitrogens with zero attached hydrogens (tertiary/aromatic N) is 2. The van der Waals surface area contributed by atoms with E-state index in [1.165, 1.54) is 12.1 Å². The van der Waals surface area contributed by atoms with Crippen LogP contribution in [0, 0.1) is 21.2 Å². The van der Waals surface area contributed by atoms with Crippen LogP contribution in [0.2, 0.25) is 0 Å². The fraction of sp³-hybridized carbons (Fsp3) is 0.619. The first-order valence-corrected chi connectivity index (χ1v) is 11.0. The molecule has 3 rings (SSSR count). The Balaban J connectivity index is 1.70. The van der Waals surface area contributed by atoms with Crippen molar-refractivity contribution in [3.05, 3.63) is 27.6 Å². The predicted octanol–water partition coefficient (Wildman–Crippen LogP) is 2.77. The lowest BCUT2D eigenvalue weighted by Gasteiger charge is -2.47. The quantitative estimate of drug-likeness (QED) is 0.481. The van der Waals surface area contributed by atoms with E-state index in [1.54, 1.807) is 11.0 Å². The highest BCUT2D eigenvalue weighted by atomic mass is 127. The van der Waals surface area contributed by atoms with Crippen LogP contribution in [0.4, 0.5) is 10.1 Å². The lowest BCUT2D eigenvalue weighted by Crippen LogP contribution is -2.64. The van der Waals surface area contributed by atoms with Crippen molar-refractivity contribution in [3.8, 4) is 0 Å². The van der Waals surface area contributed by atoms with E-state index in [2.05, 4.69) is 22.6 Å². The number of hydrogen-bond acceptors (Lipinski definition) is 5. The van der Waals surface area contributed by atoms with E-state index in [1.807, 2.05) is 32.6 Å². The first kappa shape index (κ1) is 22.4. The Morgan fingerprint density at radius 1 is 1.34 bits per heavy atom. The number of carbonyl (C=O) groups is 2. The molecule has 2 fully saturated rings. The highest BCUT2D eigenvalue weighted by Crippen LogP contribution is 2.32. The molecule has 2 aliphatic rings. The molecule has 2 heterocycles. The van der Waals surface area contributed by atoms with Gasteiger partial charge in [0, 0.05) is 22.2 Å². The number of ether oxygens (including phenoxy) is 1. The average molecular weight is 517 g/mol. The van der Waals surface area contributed by atoms with Gasteiger partial charge in [0.15, 0.2) is 0 Å². The van der Waals surface area contributed by atoms with Crippen molar-refractivity contribution in [2.45, 2.75) is 51.8 Å². The Morgan fingerprint density at radius 3 is 2.66 bits per heavy atom. The summed E-state index contributed by atoms with van der Waals surface area (Å²) in [5, 5.41) is 0. The first-order valence-electron chi connectivity index (χ1n) is 9.96. The number of rotatable bonds is 5. The third-order valence-corrected chi connectivity index (χ3v) is 6.91. The maximum Gasteiger partial charge on any atom is 0.309 e. The van der Waals surface area contributed by atoms with Crippen LogP contribution in [-0.4, -0.2) is 54.1 Å². The topological polar surface area (TPSA) is 75.9 Å². The molecule has 3 atom stereocenters. The van der Waals surface area contributed by atoms with Gasteiger partial charge in [0.2, 0.25) is 5.91 Å². The smallest absolute Gasteiger partial charge is 0.309 e. The third-order valence-electron chi connectivity index (χ3n) is 6.00. The Kier molecular flexibility index (Phi) is 6.55. The molecule has 0 saturated carbocycles. The highest BCUT2D eigenvalue weighted by molar-refractivity contribution is 14.1. The largest absolute Gasteiger partial charge is 0.460 e. The summed E-state index contributed by atoms with van der Waals surface area (Å²) in [5.41, 5.74) is 6.63. The first-order chi connectivity index (χ1) is 13.5. The van der Waals surface area contributed by atoms with E-state index in [0.717, 1.165) is 3.57 Å². The van der Waals surface area contributed by atoms with Crippen LogP contribution >= 0.6 is 22.6 Å². The lowest BCUT2D eigenvalue weighted by atomic mass is 9.90. The fourth-order valence-corrected chi connectivity index (χ4v) is 4.70. The highest BCUT2D eigenvalue weighted by Gasteiger charge is 2.43. The molecule has 1 aromatic rings. The number of anilines is 1. The van der Waals surface area contributed by atoms with E-state index >= 15 is 0 Å². The molecule has 2 aliphatic heterocycles. The van der Waals surface area contributed by atoms with Gasteiger partial charge >= 0.3 is 5.97 Å². The van der Waals surface area contributed by atoms with Gasteiger partial charge in [-0.25, -0.2) is 4.39 Å². The number of nitrogens with two attached hydrogens (primary N) is 1. The van der Waals surface area contributed by atoms with Crippen molar-refractivity contribution in [2.75, 3.05) is 24.5 Å². The summed E-state index contributed by atoms with van der Waals surface area (Å²) in [4.78, 5) is 28.7. The monoisotopic (exact) mass is 517 g/mol. The van der Waals surface area contributed by atoms with E-state index < -0.39 is 0 Å². The van der Waals surface area contributed by atoms with Gasteiger partial charge in [0.05, 0.1) is 24.2 Å². The minimum absolute atomic E-state index is 0.0940. The van der Waals surface area contributed by atoms with Crippen LogP contribution in [0.3, 0.4) is 0 Å². The van der Waals surface area contributed by atoms with Crippen molar-refractivity contribution >= 4 is 40.2 Å². The van der Waals surface area contributed by atoms with Gasteiger partial charge in [0.1, 0.15) is 11.9 Å². The Hall–Kier alpha value is -1.26. The average Bonchev–Trinajstić information content (AvgIpc) is 3.02. The van der Waals surface area contributed by atoms with Crippen LogP contribution in [0.5, 0.6) is 0 Å². The van der Waals surface area contributed by atoms with E-state index in [4.69, 9.17) is 10.5 Å². The molecule has 1 amide bonds. The molecule has 160 valence electrons. The van der Waals surface area contributed by atoms with Gasteiger partial charge in [-0.05, 0) is 67.0 Å². The van der Waals surface area contributed by atoms with Crippen LogP contribution in [-0.2, 0) is 14.3 Å². The molecule has 2 N–H and O–H groups in total. The van der Waals surface area contributed by atoms with Crippen molar-refractivity contribution in [1.82, 2.24) is 4.90 Å². The van der Waals surface area contributed by atoms with E-state index in [0.29, 0.717) is 25.2 Å². The molecule has 29 heavy (non-hydrogen) atoms. The molecular weight excluding hydrogens is 488 g/mol. The molecule has 2 saturated heterocycles. The van der Waals surface area contributed by atoms with E-state index in [9.17, 15) is 14.0 Å².